The summed E-state index contributed by atoms with van der Waals surface area (Å²) in [5.74, 6) is 4.88. The number of benzene rings is 1. The summed E-state index contributed by atoms with van der Waals surface area (Å²) in [4.78, 5) is 15.7. The molecular weight excluding hydrogens is 316 g/mol. The fourth-order valence-corrected chi connectivity index (χ4v) is 2.65. The number of ether oxygens (including phenoxy) is 2. The summed E-state index contributed by atoms with van der Waals surface area (Å²) in [6.45, 7) is 9.41. The number of hydrogen-bond donors (Lipinski definition) is 0. The van der Waals surface area contributed by atoms with Gasteiger partial charge in [0.05, 0.1) is 25.8 Å². The van der Waals surface area contributed by atoms with Gasteiger partial charge in [0, 0.05) is 31.8 Å². The quantitative estimate of drug-likeness (QED) is 0.391. The molecule has 1 aromatic rings. The number of esters is 1. The normalized spacial score (nSPS) is 11.6. The second-order valence-electron chi connectivity index (χ2n) is 5.67. The van der Waals surface area contributed by atoms with Crippen LogP contribution in [0.1, 0.15) is 32.4 Å². The van der Waals surface area contributed by atoms with Crippen molar-refractivity contribution in [2.24, 2.45) is 0 Å². The van der Waals surface area contributed by atoms with Crippen LogP contribution in [0.4, 0.5) is 5.69 Å². The van der Waals surface area contributed by atoms with E-state index in [0.29, 0.717) is 19.8 Å². The summed E-state index contributed by atoms with van der Waals surface area (Å²) in [6, 6.07) is 8.62. The molecule has 0 spiro atoms. The van der Waals surface area contributed by atoms with E-state index in [1.807, 2.05) is 7.05 Å². The highest BCUT2D eigenvalue weighted by molar-refractivity contribution is 5.88. The predicted octanol–water partition coefficient (Wildman–Crippen LogP) is 2.72. The number of hydrogen-bond acceptors (Lipinski definition) is 5. The molecule has 1 unspecified atom stereocenters. The molecule has 0 amide bonds. The number of likely N-dealkylation sites (N-methyl/N-ethyl adjacent to an activating group) is 1. The lowest BCUT2D eigenvalue weighted by Crippen LogP contribution is -2.28. The molecule has 1 aromatic carbocycles. The van der Waals surface area contributed by atoms with E-state index in [1.165, 1.54) is 5.69 Å². The van der Waals surface area contributed by atoms with Crippen molar-refractivity contribution in [1.29, 1.82) is 0 Å². The molecular formula is C20H30N2O3. The number of rotatable bonds is 9. The molecule has 0 aromatic heterocycles. The van der Waals surface area contributed by atoms with Crippen molar-refractivity contribution in [1.82, 2.24) is 4.90 Å². The molecule has 25 heavy (non-hydrogen) atoms. The van der Waals surface area contributed by atoms with Crippen molar-refractivity contribution in [2.75, 3.05) is 51.9 Å². The van der Waals surface area contributed by atoms with Crippen LogP contribution in [0.2, 0.25) is 0 Å². The van der Waals surface area contributed by atoms with Crippen LogP contribution in [0.3, 0.4) is 0 Å². The van der Waals surface area contributed by atoms with E-state index in [0.717, 1.165) is 18.7 Å². The van der Waals surface area contributed by atoms with Crippen molar-refractivity contribution < 1.29 is 14.3 Å². The van der Waals surface area contributed by atoms with Crippen LogP contribution in [0.25, 0.3) is 0 Å². The first-order valence-electron chi connectivity index (χ1n) is 8.76. The molecule has 0 saturated heterocycles. The second-order valence-corrected chi connectivity index (χ2v) is 5.67. The van der Waals surface area contributed by atoms with Crippen molar-refractivity contribution in [2.45, 2.75) is 26.8 Å². The van der Waals surface area contributed by atoms with E-state index in [-0.39, 0.29) is 6.04 Å². The van der Waals surface area contributed by atoms with Gasteiger partial charge in [0.25, 0.3) is 0 Å². The molecule has 0 bridgehead atoms. The maximum Gasteiger partial charge on any atom is 0.384 e. The molecule has 138 valence electrons. The van der Waals surface area contributed by atoms with Crippen LogP contribution in [0.5, 0.6) is 0 Å². The molecule has 1 atom stereocenters. The Labute approximate surface area is 151 Å². The fraction of sp³-hybridized carbons (Fsp3) is 0.550. The van der Waals surface area contributed by atoms with Gasteiger partial charge in [0.15, 0.2) is 0 Å². The van der Waals surface area contributed by atoms with Gasteiger partial charge in [-0.3, -0.25) is 4.90 Å². The van der Waals surface area contributed by atoms with Gasteiger partial charge in [0.1, 0.15) is 0 Å². The van der Waals surface area contributed by atoms with E-state index in [1.54, 1.807) is 14.0 Å². The van der Waals surface area contributed by atoms with Crippen LogP contribution >= 0.6 is 0 Å². The van der Waals surface area contributed by atoms with Gasteiger partial charge in [-0.05, 0) is 45.5 Å². The largest absolute Gasteiger partial charge is 0.456 e. The Balaban J connectivity index is 2.82. The highest BCUT2D eigenvalue weighted by Gasteiger charge is 2.16. The summed E-state index contributed by atoms with van der Waals surface area (Å²) in [5.41, 5.74) is 2.38. The Morgan fingerprint density at radius 1 is 1.16 bits per heavy atom. The average molecular weight is 346 g/mol. The molecule has 0 aliphatic heterocycles. The van der Waals surface area contributed by atoms with Crippen molar-refractivity contribution in [3.8, 4) is 11.8 Å². The van der Waals surface area contributed by atoms with Crippen LogP contribution < -0.4 is 4.90 Å². The summed E-state index contributed by atoms with van der Waals surface area (Å²) in [7, 11) is 3.66. The highest BCUT2D eigenvalue weighted by Crippen LogP contribution is 2.23. The summed E-state index contributed by atoms with van der Waals surface area (Å²) < 4.78 is 10.2. The van der Waals surface area contributed by atoms with E-state index in [9.17, 15) is 4.79 Å². The first-order valence-corrected chi connectivity index (χ1v) is 8.76. The van der Waals surface area contributed by atoms with Gasteiger partial charge in [0.2, 0.25) is 0 Å². The lowest BCUT2D eigenvalue weighted by Gasteiger charge is -2.27. The third-order valence-corrected chi connectivity index (χ3v) is 4.06. The number of anilines is 1. The molecule has 1 rings (SSSR count). The first-order chi connectivity index (χ1) is 12.1. The van der Waals surface area contributed by atoms with E-state index in [4.69, 9.17) is 9.47 Å². The Hall–Kier alpha value is -2.03. The monoisotopic (exact) mass is 346 g/mol. The van der Waals surface area contributed by atoms with Crippen LogP contribution in [-0.2, 0) is 14.3 Å². The summed E-state index contributed by atoms with van der Waals surface area (Å²) in [5, 5.41) is 0. The first kappa shape index (κ1) is 21.0. The molecule has 5 heteroatoms. The van der Waals surface area contributed by atoms with Crippen molar-refractivity contribution in [3.63, 3.8) is 0 Å². The molecule has 0 heterocycles. The fourth-order valence-electron chi connectivity index (χ4n) is 2.65. The van der Waals surface area contributed by atoms with E-state index >= 15 is 0 Å². The molecule has 0 fully saturated rings. The van der Waals surface area contributed by atoms with Gasteiger partial charge in [-0.1, -0.05) is 18.1 Å². The molecule has 5 nitrogen and oxygen atoms in total. The molecule has 0 saturated carbocycles. The average Bonchev–Trinajstić information content (AvgIpc) is 2.61. The van der Waals surface area contributed by atoms with E-state index in [2.05, 4.69) is 59.8 Å². The van der Waals surface area contributed by atoms with Gasteiger partial charge in [-0.2, -0.15) is 0 Å². The Kier molecular flexibility index (Phi) is 9.68. The maximum absolute atomic E-state index is 11.3. The lowest BCUT2D eigenvalue weighted by molar-refractivity contribution is -0.136. The highest BCUT2D eigenvalue weighted by atomic mass is 16.5. The van der Waals surface area contributed by atoms with Crippen molar-refractivity contribution >= 4 is 11.7 Å². The number of nitrogens with zero attached hydrogens (tertiary/aromatic N) is 2. The van der Waals surface area contributed by atoms with Crippen LogP contribution in [-0.4, -0.2) is 57.9 Å². The minimum atomic E-state index is -0.484. The molecule has 0 radical (unpaired) electrons. The standard InChI is InChI=1S/C20H30N2O3/c1-6-22(7-2)18-13-11-17(12-14-18)19(16-24-5)21(4)15-9-10-20(23)25-8-3/h11-14,19H,6-8,15-16H2,1-5H3. The maximum atomic E-state index is 11.3. The smallest absolute Gasteiger partial charge is 0.384 e. The topological polar surface area (TPSA) is 42.0 Å². The SMILES string of the molecule is CCOC(=O)C#CCN(C)C(COC)c1ccc(N(CC)CC)cc1. The van der Waals surface area contributed by atoms with E-state index < -0.39 is 5.97 Å². The summed E-state index contributed by atoms with van der Waals surface area (Å²) >= 11 is 0. The lowest BCUT2D eigenvalue weighted by atomic mass is 10.1. The minimum Gasteiger partial charge on any atom is -0.456 e. The van der Waals surface area contributed by atoms with Gasteiger partial charge in [-0.15, -0.1) is 0 Å². The third-order valence-electron chi connectivity index (χ3n) is 4.06. The molecule has 0 aliphatic rings. The number of carbonyl (C=O) groups excluding carboxylic acids is 1. The zero-order chi connectivity index (χ0) is 18.7. The Morgan fingerprint density at radius 3 is 2.32 bits per heavy atom. The number of carbonyl (C=O) groups is 1. The zero-order valence-corrected chi connectivity index (χ0v) is 16.0. The third kappa shape index (κ3) is 6.77. The Bertz CT molecular complexity index is 571. The van der Waals surface area contributed by atoms with Crippen LogP contribution in [0.15, 0.2) is 24.3 Å². The Morgan fingerprint density at radius 2 is 1.80 bits per heavy atom. The predicted molar refractivity (Wildman–Crippen MR) is 102 cm³/mol. The zero-order valence-electron chi connectivity index (χ0n) is 16.0. The van der Waals surface area contributed by atoms with Gasteiger partial charge >= 0.3 is 5.97 Å². The molecule has 0 aliphatic carbocycles. The van der Waals surface area contributed by atoms with Crippen molar-refractivity contribution in [3.05, 3.63) is 29.8 Å². The van der Waals surface area contributed by atoms with Crippen LogP contribution in [0, 0.1) is 11.8 Å². The minimum absolute atomic E-state index is 0.0762. The van der Waals surface area contributed by atoms with Gasteiger partial charge < -0.3 is 14.4 Å². The van der Waals surface area contributed by atoms with Gasteiger partial charge in [-0.25, -0.2) is 4.79 Å². The molecule has 0 N–H and O–H groups in total. The number of methoxy groups -OCH3 is 1. The summed E-state index contributed by atoms with van der Waals surface area (Å²) in [6.07, 6.45) is 0. The second kappa shape index (κ2) is 11.5.